The van der Waals surface area contributed by atoms with Gasteiger partial charge in [0.2, 0.25) is 10.0 Å². The van der Waals surface area contributed by atoms with Crippen molar-refractivity contribution >= 4 is 32.4 Å². The summed E-state index contributed by atoms with van der Waals surface area (Å²) in [6, 6.07) is 19.9. The summed E-state index contributed by atoms with van der Waals surface area (Å²) in [5, 5.41) is 0.863. The van der Waals surface area contributed by atoms with Gasteiger partial charge in [0.15, 0.2) is 0 Å². The van der Waals surface area contributed by atoms with Crippen LogP contribution in [0.2, 0.25) is 0 Å². The number of rotatable bonds is 4. The molecule has 2 aliphatic heterocycles. The van der Waals surface area contributed by atoms with Gasteiger partial charge in [-0.25, -0.2) is 13.4 Å². The van der Waals surface area contributed by atoms with Crippen molar-refractivity contribution in [1.29, 1.82) is 0 Å². The molecule has 2 aromatic carbocycles. The van der Waals surface area contributed by atoms with Gasteiger partial charge in [0.1, 0.15) is 5.82 Å². The van der Waals surface area contributed by atoms with Crippen LogP contribution in [-0.4, -0.2) is 56.5 Å². The highest BCUT2D eigenvalue weighted by molar-refractivity contribution is 7.89. The van der Waals surface area contributed by atoms with Crippen LogP contribution in [0.4, 0.5) is 11.5 Å². The molecule has 32 heavy (non-hydrogen) atoms. The van der Waals surface area contributed by atoms with Gasteiger partial charge in [-0.2, -0.15) is 4.31 Å². The fourth-order valence-electron chi connectivity index (χ4n) is 4.83. The first-order valence-corrected chi connectivity index (χ1v) is 12.9. The van der Waals surface area contributed by atoms with Crippen molar-refractivity contribution in [3.8, 4) is 0 Å². The van der Waals surface area contributed by atoms with Crippen LogP contribution >= 0.6 is 0 Å². The normalized spacial score (nSPS) is 20.6. The Morgan fingerprint density at radius 2 is 1.59 bits per heavy atom. The minimum Gasteiger partial charge on any atom is -0.368 e. The summed E-state index contributed by atoms with van der Waals surface area (Å²) >= 11 is 0. The molecule has 1 aromatic heterocycles. The maximum atomic E-state index is 13.2. The molecule has 0 bridgehead atoms. The van der Waals surface area contributed by atoms with Crippen LogP contribution in [0.5, 0.6) is 0 Å². The largest absolute Gasteiger partial charge is 0.368 e. The second-order valence-electron chi connectivity index (χ2n) is 8.79. The maximum absolute atomic E-state index is 13.2. The highest BCUT2D eigenvalue weighted by Gasteiger charge is 2.31. The van der Waals surface area contributed by atoms with Crippen LogP contribution in [0.15, 0.2) is 65.6 Å². The molecule has 5 rings (SSSR count). The minimum atomic E-state index is -3.48. The number of hydrogen-bond donors (Lipinski definition) is 0. The fourth-order valence-corrected chi connectivity index (χ4v) is 6.56. The standard InChI is InChI=1S/C25H30N4O2S/c1-20-7-5-6-14-29(20)32(30,31)23-11-12-24-21(19-23)10-13-25(26-24)28-17-15-27(16-18-28)22-8-3-2-4-9-22/h2-4,8-13,19-20H,5-7,14-18H2,1H3/t20-/m1/s1. The number of fused-ring (bicyclic) bond motifs is 1. The molecule has 168 valence electrons. The van der Waals surface area contributed by atoms with E-state index in [0.717, 1.165) is 62.2 Å². The van der Waals surface area contributed by atoms with Crippen molar-refractivity contribution in [2.24, 2.45) is 0 Å². The molecule has 0 N–H and O–H groups in total. The molecule has 0 aliphatic carbocycles. The highest BCUT2D eigenvalue weighted by atomic mass is 32.2. The summed E-state index contributed by atoms with van der Waals surface area (Å²) in [7, 11) is -3.48. The van der Waals surface area contributed by atoms with Gasteiger partial charge in [0.25, 0.3) is 0 Å². The lowest BCUT2D eigenvalue weighted by Gasteiger charge is -2.36. The summed E-state index contributed by atoms with van der Waals surface area (Å²) in [4.78, 5) is 9.92. The molecule has 6 nitrogen and oxygen atoms in total. The lowest BCUT2D eigenvalue weighted by atomic mass is 10.1. The summed E-state index contributed by atoms with van der Waals surface area (Å²) in [5.41, 5.74) is 2.09. The summed E-state index contributed by atoms with van der Waals surface area (Å²) in [6.45, 7) is 6.33. The number of anilines is 2. The highest BCUT2D eigenvalue weighted by Crippen LogP contribution is 2.28. The van der Waals surface area contributed by atoms with E-state index in [9.17, 15) is 8.42 Å². The molecule has 0 amide bonds. The molecular formula is C25H30N4O2S. The Labute approximate surface area is 190 Å². The van der Waals surface area contributed by atoms with Crippen molar-refractivity contribution in [3.63, 3.8) is 0 Å². The van der Waals surface area contributed by atoms with Gasteiger partial charge in [-0.3, -0.25) is 0 Å². The lowest BCUT2D eigenvalue weighted by Crippen LogP contribution is -2.46. The number of pyridine rings is 1. The van der Waals surface area contributed by atoms with Gasteiger partial charge in [0.05, 0.1) is 10.4 Å². The number of piperazine rings is 1. The van der Waals surface area contributed by atoms with E-state index in [1.807, 2.05) is 31.2 Å². The van der Waals surface area contributed by atoms with Crippen LogP contribution in [-0.2, 0) is 10.0 Å². The molecule has 7 heteroatoms. The molecule has 0 radical (unpaired) electrons. The van der Waals surface area contributed by atoms with Crippen LogP contribution in [0.1, 0.15) is 26.2 Å². The van der Waals surface area contributed by atoms with E-state index < -0.39 is 10.0 Å². The van der Waals surface area contributed by atoms with E-state index in [1.165, 1.54) is 5.69 Å². The number of para-hydroxylation sites is 1. The average Bonchev–Trinajstić information content (AvgIpc) is 2.84. The molecule has 2 saturated heterocycles. The Bertz CT molecular complexity index is 1190. The number of aromatic nitrogens is 1. The monoisotopic (exact) mass is 450 g/mol. The third kappa shape index (κ3) is 4.07. The Morgan fingerprint density at radius 1 is 0.844 bits per heavy atom. The number of sulfonamides is 1. The van der Waals surface area contributed by atoms with Crippen molar-refractivity contribution in [3.05, 3.63) is 60.7 Å². The summed E-state index contributed by atoms with van der Waals surface area (Å²) in [5.74, 6) is 0.950. The molecule has 0 unspecified atom stereocenters. The third-order valence-corrected chi connectivity index (χ3v) is 8.73. The molecule has 3 aromatic rings. The number of nitrogens with zero attached hydrogens (tertiary/aromatic N) is 4. The molecule has 1 atom stereocenters. The topological polar surface area (TPSA) is 56.8 Å². The quantitative estimate of drug-likeness (QED) is 0.598. The Kier molecular flexibility index (Phi) is 5.78. The van der Waals surface area contributed by atoms with Gasteiger partial charge in [-0.05, 0) is 62.2 Å². The zero-order valence-electron chi connectivity index (χ0n) is 18.5. The van der Waals surface area contributed by atoms with Gasteiger partial charge in [-0.15, -0.1) is 0 Å². The molecule has 0 spiro atoms. The third-order valence-electron chi connectivity index (χ3n) is 6.72. The van der Waals surface area contributed by atoms with Crippen molar-refractivity contribution in [2.45, 2.75) is 37.1 Å². The smallest absolute Gasteiger partial charge is 0.243 e. The van der Waals surface area contributed by atoms with E-state index in [1.54, 1.807) is 16.4 Å². The van der Waals surface area contributed by atoms with Crippen LogP contribution in [0.25, 0.3) is 10.9 Å². The van der Waals surface area contributed by atoms with Gasteiger partial charge in [-0.1, -0.05) is 24.6 Å². The van der Waals surface area contributed by atoms with Crippen molar-refractivity contribution in [2.75, 3.05) is 42.5 Å². The fraction of sp³-hybridized carbons (Fsp3) is 0.400. The first-order chi connectivity index (χ1) is 15.5. The predicted octanol–water partition coefficient (Wildman–Crippen LogP) is 4.12. The first-order valence-electron chi connectivity index (χ1n) is 11.5. The maximum Gasteiger partial charge on any atom is 0.243 e. The van der Waals surface area contributed by atoms with Crippen molar-refractivity contribution in [1.82, 2.24) is 9.29 Å². The average molecular weight is 451 g/mol. The second kappa shape index (κ2) is 8.71. The Hall–Kier alpha value is -2.64. The zero-order valence-corrected chi connectivity index (χ0v) is 19.3. The number of hydrogen-bond acceptors (Lipinski definition) is 5. The Morgan fingerprint density at radius 3 is 2.34 bits per heavy atom. The lowest BCUT2D eigenvalue weighted by molar-refractivity contribution is 0.268. The minimum absolute atomic E-state index is 0.0551. The second-order valence-corrected chi connectivity index (χ2v) is 10.7. The van der Waals surface area contributed by atoms with E-state index in [-0.39, 0.29) is 6.04 Å². The van der Waals surface area contributed by atoms with E-state index in [4.69, 9.17) is 4.98 Å². The zero-order chi connectivity index (χ0) is 22.1. The number of piperidine rings is 1. The van der Waals surface area contributed by atoms with Crippen LogP contribution in [0.3, 0.4) is 0 Å². The van der Waals surface area contributed by atoms with Gasteiger partial charge >= 0.3 is 0 Å². The SMILES string of the molecule is C[C@@H]1CCCCN1S(=O)(=O)c1ccc2nc(N3CCN(c4ccccc4)CC3)ccc2c1. The molecule has 2 aliphatic rings. The van der Waals surface area contributed by atoms with Gasteiger partial charge in [0, 0.05) is 49.8 Å². The predicted molar refractivity (Wildman–Crippen MR) is 130 cm³/mol. The number of benzene rings is 2. The molecule has 0 saturated carbocycles. The summed E-state index contributed by atoms with van der Waals surface area (Å²) in [6.07, 6.45) is 2.95. The van der Waals surface area contributed by atoms with Crippen molar-refractivity contribution < 1.29 is 8.42 Å². The van der Waals surface area contributed by atoms with E-state index in [2.05, 4.69) is 34.1 Å². The molecule has 3 heterocycles. The van der Waals surface area contributed by atoms with Crippen LogP contribution in [0, 0.1) is 0 Å². The summed E-state index contributed by atoms with van der Waals surface area (Å²) < 4.78 is 28.1. The van der Waals surface area contributed by atoms with E-state index in [0.29, 0.717) is 11.4 Å². The van der Waals surface area contributed by atoms with Crippen LogP contribution < -0.4 is 9.80 Å². The van der Waals surface area contributed by atoms with E-state index >= 15 is 0 Å². The Balaban J connectivity index is 1.33. The molecular weight excluding hydrogens is 420 g/mol. The first kappa shape index (κ1) is 21.2. The van der Waals surface area contributed by atoms with Gasteiger partial charge < -0.3 is 9.80 Å². The molecule has 2 fully saturated rings.